The fourth-order valence-electron chi connectivity index (χ4n) is 2.56. The van der Waals surface area contributed by atoms with Crippen molar-refractivity contribution < 1.29 is 19.1 Å². The summed E-state index contributed by atoms with van der Waals surface area (Å²) in [5.41, 5.74) is 1.78. The highest BCUT2D eigenvalue weighted by molar-refractivity contribution is 6.05. The molecule has 0 aliphatic heterocycles. The zero-order valence-corrected chi connectivity index (χ0v) is 15.7. The van der Waals surface area contributed by atoms with E-state index in [4.69, 9.17) is 14.7 Å². The molecule has 6 nitrogen and oxygen atoms in total. The van der Waals surface area contributed by atoms with E-state index in [0.717, 1.165) is 0 Å². The first-order valence-electron chi connectivity index (χ1n) is 8.83. The molecule has 0 unspecified atom stereocenters. The van der Waals surface area contributed by atoms with Gasteiger partial charge in [-0.2, -0.15) is 5.26 Å². The van der Waals surface area contributed by atoms with Crippen LogP contribution in [-0.2, 0) is 4.79 Å². The number of anilines is 1. The Morgan fingerprint density at radius 1 is 0.897 bits per heavy atom. The van der Waals surface area contributed by atoms with Crippen molar-refractivity contribution in [3.05, 3.63) is 90.0 Å². The Bertz CT molecular complexity index is 1020. The van der Waals surface area contributed by atoms with Crippen LogP contribution in [0.1, 0.15) is 15.9 Å². The average Bonchev–Trinajstić information content (AvgIpc) is 2.78. The van der Waals surface area contributed by atoms with Gasteiger partial charge in [0.05, 0.1) is 11.6 Å². The average molecular weight is 386 g/mol. The maximum atomic E-state index is 12.5. The van der Waals surface area contributed by atoms with Gasteiger partial charge in [-0.15, -0.1) is 0 Å². The molecule has 0 fully saturated rings. The lowest BCUT2D eigenvalue weighted by atomic mass is 10.2. The second-order valence-electron chi connectivity index (χ2n) is 6.12. The van der Waals surface area contributed by atoms with Gasteiger partial charge < -0.3 is 14.4 Å². The Hall–Kier alpha value is -4.11. The number of carbonyl (C=O) groups is 2. The summed E-state index contributed by atoms with van der Waals surface area (Å²) in [4.78, 5) is 25.9. The van der Waals surface area contributed by atoms with Gasteiger partial charge >= 0.3 is 5.97 Å². The smallest absolute Gasteiger partial charge is 0.349 e. The van der Waals surface area contributed by atoms with E-state index in [0.29, 0.717) is 28.3 Å². The van der Waals surface area contributed by atoms with Crippen molar-refractivity contribution in [1.82, 2.24) is 0 Å². The number of rotatable bonds is 6. The van der Waals surface area contributed by atoms with E-state index in [-0.39, 0.29) is 12.5 Å². The van der Waals surface area contributed by atoms with Crippen LogP contribution in [0.5, 0.6) is 11.5 Å². The summed E-state index contributed by atoms with van der Waals surface area (Å²) < 4.78 is 10.6. The Morgan fingerprint density at radius 2 is 1.52 bits per heavy atom. The molecule has 0 aliphatic rings. The highest BCUT2D eigenvalue weighted by atomic mass is 16.6. The number of nitriles is 1. The first-order valence-corrected chi connectivity index (χ1v) is 8.83. The second-order valence-corrected chi connectivity index (χ2v) is 6.12. The van der Waals surface area contributed by atoms with Crippen LogP contribution in [0.3, 0.4) is 0 Å². The van der Waals surface area contributed by atoms with Gasteiger partial charge in [-0.25, -0.2) is 4.79 Å². The summed E-state index contributed by atoms with van der Waals surface area (Å²) in [6.45, 7) is -0.266. The molecule has 0 saturated carbocycles. The number of ether oxygens (including phenoxy) is 2. The number of hydrogen-bond acceptors (Lipinski definition) is 5. The quantitative estimate of drug-likeness (QED) is 0.475. The minimum atomic E-state index is -0.560. The van der Waals surface area contributed by atoms with Gasteiger partial charge in [-0.05, 0) is 60.7 Å². The predicted octanol–water partition coefficient (Wildman–Crippen LogP) is 3.82. The van der Waals surface area contributed by atoms with Crippen molar-refractivity contribution in [2.45, 2.75) is 0 Å². The first kappa shape index (κ1) is 19.6. The predicted molar refractivity (Wildman–Crippen MR) is 108 cm³/mol. The molecule has 0 heterocycles. The molecule has 29 heavy (non-hydrogen) atoms. The van der Waals surface area contributed by atoms with E-state index < -0.39 is 5.97 Å². The zero-order chi connectivity index (χ0) is 20.6. The third-order valence-electron chi connectivity index (χ3n) is 4.12. The topological polar surface area (TPSA) is 79.6 Å². The normalized spacial score (nSPS) is 9.93. The first-order chi connectivity index (χ1) is 14.1. The summed E-state index contributed by atoms with van der Waals surface area (Å²) in [6, 6.07) is 24.1. The molecule has 0 aromatic heterocycles. The van der Waals surface area contributed by atoms with Crippen molar-refractivity contribution in [2.24, 2.45) is 0 Å². The molecule has 0 N–H and O–H groups in total. The molecule has 0 bridgehead atoms. The molecule has 0 radical (unpaired) electrons. The fraction of sp³-hybridized carbons (Fsp3) is 0.0870. The maximum Gasteiger partial charge on any atom is 0.349 e. The SMILES string of the molecule is CN(C(=O)c1ccccc1)c1ccc(OCC(=O)Oc2ccc(C#N)cc2)cc1. The summed E-state index contributed by atoms with van der Waals surface area (Å²) in [7, 11) is 1.69. The van der Waals surface area contributed by atoms with Crippen molar-refractivity contribution in [2.75, 3.05) is 18.6 Å². The van der Waals surface area contributed by atoms with E-state index in [9.17, 15) is 9.59 Å². The number of benzene rings is 3. The van der Waals surface area contributed by atoms with Gasteiger partial charge in [0.15, 0.2) is 6.61 Å². The molecule has 6 heteroatoms. The monoisotopic (exact) mass is 386 g/mol. The number of nitrogens with zero attached hydrogens (tertiary/aromatic N) is 2. The standard InChI is InChI=1S/C23H18N2O4/c1-25(23(27)18-5-3-2-4-6-18)19-9-13-20(14-10-19)28-16-22(26)29-21-11-7-17(15-24)8-12-21/h2-14H,16H2,1H3. The van der Waals surface area contributed by atoms with Crippen LogP contribution in [0.2, 0.25) is 0 Å². The van der Waals surface area contributed by atoms with Crippen LogP contribution in [-0.4, -0.2) is 25.5 Å². The lowest BCUT2D eigenvalue weighted by Crippen LogP contribution is -2.26. The molecule has 0 spiro atoms. The van der Waals surface area contributed by atoms with E-state index in [1.54, 1.807) is 67.7 Å². The van der Waals surface area contributed by atoms with Gasteiger partial charge in [-0.1, -0.05) is 18.2 Å². The van der Waals surface area contributed by atoms with Crippen molar-refractivity contribution >= 4 is 17.6 Å². The van der Waals surface area contributed by atoms with Gasteiger partial charge in [0.1, 0.15) is 11.5 Å². The molecule has 0 aliphatic carbocycles. The molecular weight excluding hydrogens is 368 g/mol. The number of esters is 1. The summed E-state index contributed by atoms with van der Waals surface area (Å²) >= 11 is 0. The van der Waals surface area contributed by atoms with Crippen LogP contribution in [0, 0.1) is 11.3 Å². The number of hydrogen-bond donors (Lipinski definition) is 0. The minimum Gasteiger partial charge on any atom is -0.482 e. The Morgan fingerprint density at radius 3 is 2.14 bits per heavy atom. The van der Waals surface area contributed by atoms with Crippen molar-refractivity contribution in [3.63, 3.8) is 0 Å². The van der Waals surface area contributed by atoms with Gasteiger partial charge in [0.25, 0.3) is 5.91 Å². The minimum absolute atomic E-state index is 0.120. The van der Waals surface area contributed by atoms with Crippen molar-refractivity contribution in [1.29, 1.82) is 5.26 Å². The van der Waals surface area contributed by atoms with E-state index in [2.05, 4.69) is 0 Å². The third-order valence-corrected chi connectivity index (χ3v) is 4.12. The second kappa shape index (κ2) is 9.20. The van der Waals surface area contributed by atoms with Gasteiger partial charge in [-0.3, -0.25) is 4.79 Å². The van der Waals surface area contributed by atoms with Crippen LogP contribution >= 0.6 is 0 Å². The number of carbonyl (C=O) groups excluding carboxylic acids is 2. The van der Waals surface area contributed by atoms with Crippen molar-refractivity contribution in [3.8, 4) is 17.6 Å². The summed E-state index contributed by atoms with van der Waals surface area (Å²) in [5, 5.41) is 8.76. The number of amides is 1. The van der Waals surface area contributed by atoms with Crippen LogP contribution < -0.4 is 14.4 Å². The van der Waals surface area contributed by atoms with E-state index in [1.165, 1.54) is 4.90 Å². The van der Waals surface area contributed by atoms with E-state index in [1.807, 2.05) is 24.3 Å². The summed E-state index contributed by atoms with van der Waals surface area (Å²) in [6.07, 6.45) is 0. The Balaban J connectivity index is 1.54. The van der Waals surface area contributed by atoms with Crippen LogP contribution in [0.15, 0.2) is 78.9 Å². The van der Waals surface area contributed by atoms with Gasteiger partial charge in [0, 0.05) is 18.3 Å². The molecule has 3 rings (SSSR count). The lowest BCUT2D eigenvalue weighted by Gasteiger charge is -2.17. The van der Waals surface area contributed by atoms with E-state index >= 15 is 0 Å². The van der Waals surface area contributed by atoms with Gasteiger partial charge in [0.2, 0.25) is 0 Å². The highest BCUT2D eigenvalue weighted by Gasteiger charge is 2.13. The lowest BCUT2D eigenvalue weighted by molar-refractivity contribution is -0.136. The van der Waals surface area contributed by atoms with Crippen LogP contribution in [0.25, 0.3) is 0 Å². The molecule has 0 atom stereocenters. The molecular formula is C23H18N2O4. The van der Waals surface area contributed by atoms with Crippen LogP contribution in [0.4, 0.5) is 5.69 Å². The molecule has 144 valence electrons. The third kappa shape index (κ3) is 5.21. The molecule has 1 amide bonds. The summed E-state index contributed by atoms with van der Waals surface area (Å²) in [5.74, 6) is 0.139. The Kier molecular flexibility index (Phi) is 6.23. The fourth-order valence-corrected chi connectivity index (χ4v) is 2.56. The molecule has 0 saturated heterocycles. The largest absolute Gasteiger partial charge is 0.482 e. The Labute approximate surface area is 168 Å². The molecule has 3 aromatic carbocycles. The maximum absolute atomic E-state index is 12.5. The zero-order valence-electron chi connectivity index (χ0n) is 15.7. The molecule has 3 aromatic rings. The highest BCUT2D eigenvalue weighted by Crippen LogP contribution is 2.20.